The van der Waals surface area contributed by atoms with Gasteiger partial charge in [-0.1, -0.05) is 11.6 Å². The first-order valence-electron chi connectivity index (χ1n) is 4.06. The molecule has 0 amide bonds. The fourth-order valence-electron chi connectivity index (χ4n) is 1.54. The molecule has 68 valence electrons. The molecule has 0 aliphatic heterocycles. The summed E-state index contributed by atoms with van der Waals surface area (Å²) in [5.41, 5.74) is 2.88. The first-order chi connectivity index (χ1) is 6.09. The Morgan fingerprint density at radius 2 is 2.08 bits per heavy atom. The fraction of sp³-hybridized carbons (Fsp3) is 0.333. The predicted octanol–water partition coefficient (Wildman–Crippen LogP) is 2.24. The average Bonchev–Trinajstić information content (AvgIpc) is 2.27. The molecule has 0 atom stereocenters. The lowest BCUT2D eigenvalue weighted by Gasteiger charge is -1.97. The lowest BCUT2D eigenvalue weighted by atomic mass is 10.2. The molecule has 0 saturated carbocycles. The number of pyridine rings is 1. The summed E-state index contributed by atoms with van der Waals surface area (Å²) in [4.78, 5) is 4.19. The minimum atomic E-state index is 0.542. The molecule has 0 aromatic carbocycles. The number of hydrogen-bond acceptors (Lipinski definition) is 2. The van der Waals surface area contributed by atoms with Crippen molar-refractivity contribution in [1.29, 1.82) is 0 Å². The SMILES string of the molecule is Cc1cc2c(c(C)nn2C)c(Cl)n1. The van der Waals surface area contributed by atoms with Crippen LogP contribution in [0.1, 0.15) is 11.4 Å². The van der Waals surface area contributed by atoms with Gasteiger partial charge >= 0.3 is 0 Å². The van der Waals surface area contributed by atoms with Crippen molar-refractivity contribution in [3.63, 3.8) is 0 Å². The molecule has 3 nitrogen and oxygen atoms in total. The van der Waals surface area contributed by atoms with Crippen LogP contribution >= 0.6 is 11.6 Å². The Labute approximate surface area is 81.3 Å². The maximum atomic E-state index is 6.02. The van der Waals surface area contributed by atoms with Gasteiger partial charge in [-0.25, -0.2) is 4.98 Å². The lowest BCUT2D eigenvalue weighted by Crippen LogP contribution is -1.90. The zero-order chi connectivity index (χ0) is 9.59. The molecule has 2 heterocycles. The summed E-state index contributed by atoms with van der Waals surface area (Å²) in [6.07, 6.45) is 0. The van der Waals surface area contributed by atoms with Gasteiger partial charge < -0.3 is 0 Å². The molecular weight excluding hydrogens is 186 g/mol. The highest BCUT2D eigenvalue weighted by molar-refractivity contribution is 6.34. The lowest BCUT2D eigenvalue weighted by molar-refractivity contribution is 0.783. The Kier molecular flexibility index (Phi) is 1.77. The van der Waals surface area contributed by atoms with Crippen molar-refractivity contribution in [3.8, 4) is 0 Å². The van der Waals surface area contributed by atoms with Gasteiger partial charge in [0.1, 0.15) is 5.15 Å². The topological polar surface area (TPSA) is 30.7 Å². The minimum Gasteiger partial charge on any atom is -0.267 e. The second-order valence-corrected chi connectivity index (χ2v) is 3.52. The van der Waals surface area contributed by atoms with Gasteiger partial charge in [-0.15, -0.1) is 0 Å². The highest BCUT2D eigenvalue weighted by Crippen LogP contribution is 2.24. The van der Waals surface area contributed by atoms with Crippen molar-refractivity contribution in [2.24, 2.45) is 7.05 Å². The number of nitrogens with zero attached hydrogens (tertiary/aromatic N) is 3. The van der Waals surface area contributed by atoms with E-state index < -0.39 is 0 Å². The summed E-state index contributed by atoms with van der Waals surface area (Å²) in [6, 6.07) is 1.99. The Morgan fingerprint density at radius 1 is 1.38 bits per heavy atom. The van der Waals surface area contributed by atoms with E-state index in [1.54, 1.807) is 0 Å². The van der Waals surface area contributed by atoms with Gasteiger partial charge in [0.05, 0.1) is 16.6 Å². The summed E-state index contributed by atoms with van der Waals surface area (Å²) >= 11 is 6.02. The van der Waals surface area contributed by atoms with Crippen LogP contribution in [0.4, 0.5) is 0 Å². The third-order valence-corrected chi connectivity index (χ3v) is 2.37. The molecule has 0 saturated heterocycles. The van der Waals surface area contributed by atoms with Crippen molar-refractivity contribution in [2.45, 2.75) is 13.8 Å². The first kappa shape index (κ1) is 8.51. The molecule has 2 aromatic heterocycles. The van der Waals surface area contributed by atoms with Crippen LogP contribution in [-0.4, -0.2) is 14.8 Å². The quantitative estimate of drug-likeness (QED) is 0.604. The zero-order valence-electron chi connectivity index (χ0n) is 7.80. The predicted molar refractivity (Wildman–Crippen MR) is 53.0 cm³/mol. The molecule has 0 N–H and O–H groups in total. The van der Waals surface area contributed by atoms with Crippen LogP contribution in [0.2, 0.25) is 5.15 Å². The van der Waals surface area contributed by atoms with Crippen molar-refractivity contribution in [1.82, 2.24) is 14.8 Å². The number of halogens is 1. The van der Waals surface area contributed by atoms with Gasteiger partial charge in [0.25, 0.3) is 0 Å². The third-order valence-electron chi connectivity index (χ3n) is 2.09. The standard InChI is InChI=1S/C9H10ClN3/c1-5-4-7-8(9(10)11-5)6(2)12-13(7)3/h4H,1-3H3. The van der Waals surface area contributed by atoms with Crippen LogP contribution in [0.15, 0.2) is 6.07 Å². The van der Waals surface area contributed by atoms with E-state index in [1.807, 2.05) is 31.6 Å². The van der Waals surface area contributed by atoms with Crippen LogP contribution in [0.25, 0.3) is 10.9 Å². The first-order valence-corrected chi connectivity index (χ1v) is 4.44. The van der Waals surface area contributed by atoms with Crippen LogP contribution in [0.3, 0.4) is 0 Å². The molecule has 0 aliphatic rings. The van der Waals surface area contributed by atoms with Crippen molar-refractivity contribution >= 4 is 22.5 Å². The molecule has 0 fully saturated rings. The normalized spacial score (nSPS) is 11.1. The second kappa shape index (κ2) is 2.70. The Hall–Kier alpha value is -1.09. The summed E-state index contributed by atoms with van der Waals surface area (Å²) in [5.74, 6) is 0. The van der Waals surface area contributed by atoms with Gasteiger partial charge in [0.2, 0.25) is 0 Å². The van der Waals surface area contributed by atoms with E-state index in [-0.39, 0.29) is 0 Å². The monoisotopic (exact) mass is 195 g/mol. The molecule has 0 bridgehead atoms. The van der Waals surface area contributed by atoms with E-state index in [0.717, 1.165) is 22.3 Å². The van der Waals surface area contributed by atoms with E-state index >= 15 is 0 Å². The molecule has 4 heteroatoms. The average molecular weight is 196 g/mol. The van der Waals surface area contributed by atoms with Crippen molar-refractivity contribution < 1.29 is 0 Å². The van der Waals surface area contributed by atoms with E-state index in [4.69, 9.17) is 11.6 Å². The van der Waals surface area contributed by atoms with Crippen molar-refractivity contribution in [3.05, 3.63) is 22.6 Å². The molecule has 0 aliphatic carbocycles. The highest BCUT2D eigenvalue weighted by Gasteiger charge is 2.09. The van der Waals surface area contributed by atoms with Crippen molar-refractivity contribution in [2.75, 3.05) is 0 Å². The summed E-state index contributed by atoms with van der Waals surface area (Å²) in [5, 5.41) is 5.78. The van der Waals surface area contributed by atoms with E-state index in [1.165, 1.54) is 0 Å². The van der Waals surface area contributed by atoms with Crippen LogP contribution in [0.5, 0.6) is 0 Å². The summed E-state index contributed by atoms with van der Waals surface area (Å²) < 4.78 is 1.82. The zero-order valence-corrected chi connectivity index (χ0v) is 8.55. The minimum absolute atomic E-state index is 0.542. The van der Waals surface area contributed by atoms with Gasteiger partial charge in [0, 0.05) is 12.7 Å². The largest absolute Gasteiger partial charge is 0.267 e. The third kappa shape index (κ3) is 1.20. The summed E-state index contributed by atoms with van der Waals surface area (Å²) in [7, 11) is 1.91. The number of hydrogen-bond donors (Lipinski definition) is 0. The molecule has 0 spiro atoms. The number of fused-ring (bicyclic) bond motifs is 1. The molecule has 0 radical (unpaired) electrons. The number of aryl methyl sites for hydroxylation is 3. The molecule has 2 rings (SSSR count). The van der Waals surface area contributed by atoms with Crippen LogP contribution < -0.4 is 0 Å². The molecule has 0 unspecified atom stereocenters. The Bertz CT molecular complexity index is 473. The van der Waals surface area contributed by atoms with E-state index in [0.29, 0.717) is 5.15 Å². The maximum Gasteiger partial charge on any atom is 0.140 e. The van der Waals surface area contributed by atoms with Gasteiger partial charge in [0.15, 0.2) is 0 Å². The molecule has 13 heavy (non-hydrogen) atoms. The Morgan fingerprint density at radius 3 is 2.77 bits per heavy atom. The number of aromatic nitrogens is 3. The summed E-state index contributed by atoms with van der Waals surface area (Å²) in [6.45, 7) is 3.86. The van der Waals surface area contributed by atoms with Crippen LogP contribution in [-0.2, 0) is 7.05 Å². The van der Waals surface area contributed by atoms with E-state index in [2.05, 4.69) is 10.1 Å². The highest BCUT2D eigenvalue weighted by atomic mass is 35.5. The smallest absolute Gasteiger partial charge is 0.140 e. The van der Waals surface area contributed by atoms with Gasteiger partial charge in [-0.3, -0.25) is 4.68 Å². The Balaban J connectivity index is 2.97. The van der Waals surface area contributed by atoms with Gasteiger partial charge in [-0.2, -0.15) is 5.10 Å². The van der Waals surface area contributed by atoms with Gasteiger partial charge in [-0.05, 0) is 19.9 Å². The van der Waals surface area contributed by atoms with Crippen LogP contribution in [0, 0.1) is 13.8 Å². The number of rotatable bonds is 0. The molecular formula is C9H10ClN3. The van der Waals surface area contributed by atoms with E-state index in [9.17, 15) is 0 Å². The maximum absolute atomic E-state index is 6.02. The second-order valence-electron chi connectivity index (χ2n) is 3.16. The molecule has 2 aromatic rings. The fourth-order valence-corrected chi connectivity index (χ4v) is 1.90.